The summed E-state index contributed by atoms with van der Waals surface area (Å²) in [6.07, 6.45) is 17.8. The number of ether oxygens (including phenoxy) is 1. The van der Waals surface area contributed by atoms with Crippen molar-refractivity contribution in [2.45, 2.75) is 151 Å². The Balaban J connectivity index is 0.00000304. The zero-order valence-corrected chi connectivity index (χ0v) is 41.2. The molecule has 6 rings (SSSR count). The van der Waals surface area contributed by atoms with Gasteiger partial charge in [-0.05, 0) is 116 Å². The molecular formula is C56H79N2O6S+. The van der Waals surface area contributed by atoms with Crippen molar-refractivity contribution < 1.29 is 32.2 Å². The van der Waals surface area contributed by atoms with Gasteiger partial charge in [-0.1, -0.05) is 117 Å². The van der Waals surface area contributed by atoms with E-state index in [1.807, 2.05) is 39.8 Å². The Bertz CT molecular complexity index is 2400. The molecule has 354 valence electrons. The lowest BCUT2D eigenvalue weighted by Crippen LogP contribution is -2.28. The third kappa shape index (κ3) is 12.5. The average Bonchev–Trinajstić information content (AvgIpc) is 3.62. The molecule has 2 N–H and O–H groups in total. The molecule has 9 heteroatoms. The molecule has 0 bridgehead atoms. The lowest BCUT2D eigenvalue weighted by atomic mass is 9.79. The van der Waals surface area contributed by atoms with E-state index in [0.717, 1.165) is 90.9 Å². The number of rotatable bonds is 19. The largest absolute Gasteiger partial charge is 0.497 e. The van der Waals surface area contributed by atoms with Gasteiger partial charge in [0.1, 0.15) is 18.1 Å². The van der Waals surface area contributed by atoms with Gasteiger partial charge in [0.05, 0.1) is 24.9 Å². The van der Waals surface area contributed by atoms with E-state index in [1.165, 1.54) is 33.7 Å². The van der Waals surface area contributed by atoms with Crippen molar-refractivity contribution in [3.05, 3.63) is 130 Å². The third-order valence-electron chi connectivity index (χ3n) is 13.2. The summed E-state index contributed by atoms with van der Waals surface area (Å²) in [5.41, 5.74) is 13.5. The summed E-state index contributed by atoms with van der Waals surface area (Å²) in [6.45, 7) is 20.8. The van der Waals surface area contributed by atoms with E-state index < -0.39 is 10.1 Å². The Morgan fingerprint density at radius 1 is 0.877 bits per heavy atom. The predicted octanol–water partition coefficient (Wildman–Crippen LogP) is 13.0. The van der Waals surface area contributed by atoms with Crippen LogP contribution in [0, 0.1) is 5.92 Å². The number of unbranched alkanes of at least 4 members (excludes halogenated alkanes) is 3. The molecule has 2 heterocycles. The molecule has 0 saturated carbocycles. The van der Waals surface area contributed by atoms with Crippen molar-refractivity contribution in [3.8, 4) is 5.75 Å². The number of aryl methyl sites for hydroxylation is 1. The smallest absolute Gasteiger partial charge is 0.264 e. The van der Waals surface area contributed by atoms with Gasteiger partial charge in [-0.25, -0.2) is 0 Å². The zero-order valence-electron chi connectivity index (χ0n) is 40.4. The van der Waals surface area contributed by atoms with Gasteiger partial charge in [0.15, 0.2) is 5.71 Å². The summed E-state index contributed by atoms with van der Waals surface area (Å²) in [7, 11) is -2.36. The number of hydrogen-bond acceptors (Lipinski definition) is 6. The van der Waals surface area contributed by atoms with Crippen molar-refractivity contribution in [1.82, 2.24) is 0 Å². The number of carbonyl (C=O) groups excluding carboxylic acids is 1. The van der Waals surface area contributed by atoms with E-state index in [2.05, 4.69) is 117 Å². The van der Waals surface area contributed by atoms with E-state index in [1.54, 1.807) is 7.11 Å². The third-order valence-corrected chi connectivity index (χ3v) is 14.0. The van der Waals surface area contributed by atoms with Crippen LogP contribution in [0.5, 0.6) is 5.75 Å². The SMILES string of the molecule is C.CC.CCCCCN1C(=CC=C2CCCC(C=CC3=[N+](CCCCS(=O)(=O)O)c4ccc(OC)cc4C3(C)C)=C2c2ccc(CCC(=O)C(C)C)cc2)C(C)(C)c2cc(CO)ccc21. The van der Waals surface area contributed by atoms with Crippen LogP contribution in [0.4, 0.5) is 11.4 Å². The molecule has 8 nitrogen and oxygen atoms in total. The first-order valence-corrected chi connectivity index (χ1v) is 25.4. The minimum absolute atomic E-state index is 0. The molecule has 0 unspecified atom stereocenters. The molecule has 0 spiro atoms. The van der Waals surface area contributed by atoms with Gasteiger partial charge >= 0.3 is 0 Å². The number of carbonyl (C=O) groups is 1. The van der Waals surface area contributed by atoms with E-state index in [-0.39, 0.29) is 42.3 Å². The first-order chi connectivity index (χ1) is 30.5. The molecule has 0 aromatic heterocycles. The van der Waals surface area contributed by atoms with Crippen LogP contribution in [0.1, 0.15) is 155 Å². The Kier molecular flexibility index (Phi) is 19.0. The highest BCUT2D eigenvalue weighted by Gasteiger charge is 2.45. The molecule has 0 amide bonds. The summed E-state index contributed by atoms with van der Waals surface area (Å²) >= 11 is 0. The van der Waals surface area contributed by atoms with Gasteiger partial charge in [0.2, 0.25) is 5.69 Å². The zero-order chi connectivity index (χ0) is 46.8. The van der Waals surface area contributed by atoms with Crippen molar-refractivity contribution in [2.24, 2.45) is 5.92 Å². The number of aliphatic hydroxyl groups excluding tert-OH is 1. The maximum absolute atomic E-state index is 12.5. The topological polar surface area (TPSA) is 107 Å². The number of aliphatic hydroxyl groups is 1. The Morgan fingerprint density at radius 3 is 2.23 bits per heavy atom. The van der Waals surface area contributed by atoms with Gasteiger partial charge in [0.25, 0.3) is 10.1 Å². The second kappa shape index (κ2) is 23.2. The van der Waals surface area contributed by atoms with Gasteiger partial charge in [-0.15, -0.1) is 0 Å². The summed E-state index contributed by atoms with van der Waals surface area (Å²) in [4.78, 5) is 15.0. The van der Waals surface area contributed by atoms with Crippen LogP contribution in [-0.4, -0.2) is 60.1 Å². The second-order valence-electron chi connectivity index (χ2n) is 18.7. The molecule has 3 aromatic carbocycles. The van der Waals surface area contributed by atoms with E-state index >= 15 is 0 Å². The van der Waals surface area contributed by atoms with Crippen LogP contribution >= 0.6 is 0 Å². The van der Waals surface area contributed by atoms with E-state index in [0.29, 0.717) is 25.8 Å². The first-order valence-electron chi connectivity index (χ1n) is 23.8. The fourth-order valence-corrected chi connectivity index (χ4v) is 10.1. The minimum atomic E-state index is -4.04. The van der Waals surface area contributed by atoms with E-state index in [9.17, 15) is 22.9 Å². The normalized spacial score (nSPS) is 17.7. The molecule has 1 aliphatic carbocycles. The van der Waals surface area contributed by atoms with Gasteiger partial charge in [-0.3, -0.25) is 9.35 Å². The number of fused-ring (bicyclic) bond motifs is 2. The number of hydrogen-bond donors (Lipinski definition) is 2. The summed E-state index contributed by atoms with van der Waals surface area (Å²) in [5.74, 6) is 0.837. The number of Topliss-reactive ketones (excluding diaryl/α,β-unsaturated/α-hetero) is 1. The maximum atomic E-state index is 12.5. The molecule has 0 radical (unpaired) electrons. The van der Waals surface area contributed by atoms with E-state index in [4.69, 9.17) is 4.74 Å². The number of benzene rings is 3. The number of nitrogens with zero attached hydrogens (tertiary/aromatic N) is 2. The number of methoxy groups -OCH3 is 1. The van der Waals surface area contributed by atoms with Crippen LogP contribution in [0.15, 0.2) is 102 Å². The highest BCUT2D eigenvalue weighted by Crippen LogP contribution is 2.49. The van der Waals surface area contributed by atoms with Gasteiger partial charge < -0.3 is 14.7 Å². The minimum Gasteiger partial charge on any atom is -0.497 e. The predicted molar refractivity (Wildman–Crippen MR) is 272 cm³/mol. The van der Waals surface area contributed by atoms with Crippen molar-refractivity contribution in [3.63, 3.8) is 0 Å². The highest BCUT2D eigenvalue weighted by atomic mass is 32.2. The Labute approximate surface area is 392 Å². The Hall–Kier alpha value is -4.57. The molecule has 2 aliphatic heterocycles. The Morgan fingerprint density at radius 2 is 1.58 bits per heavy atom. The number of anilines is 1. The van der Waals surface area contributed by atoms with Crippen LogP contribution in [0.2, 0.25) is 0 Å². The maximum Gasteiger partial charge on any atom is 0.264 e. The molecule has 3 aromatic rings. The lowest BCUT2D eigenvalue weighted by molar-refractivity contribution is -0.438. The molecular weight excluding hydrogens is 829 g/mol. The quantitative estimate of drug-likeness (QED) is 0.0701. The van der Waals surface area contributed by atoms with Gasteiger partial charge in [-0.2, -0.15) is 13.0 Å². The standard InChI is InChI=1S/C53H68N2O6S.C2H6.CH4/c1-9-10-11-31-54-46-26-19-39(36-56)34-44(46)52(4,5)49(54)29-23-40-15-14-16-41(51(40)42-21-17-38(18-22-42)20-28-48(57)37(2)3)24-30-50-53(6,7)45-35-43(61-8)25-27-47(45)55(50)32-12-13-33-62(58,59)60;1-2;/h17-19,21-27,29-30,34-35,37,56H,9-16,20,28,31-33,36H2,1-8H3;1-2H3;1H4/p+1. The highest BCUT2D eigenvalue weighted by molar-refractivity contribution is 7.85. The first kappa shape index (κ1) is 53.0. The van der Waals surface area contributed by atoms with Crippen LogP contribution < -0.4 is 9.64 Å². The molecule has 0 fully saturated rings. The van der Waals surface area contributed by atoms with Crippen LogP contribution in [0.3, 0.4) is 0 Å². The number of allylic oxidation sites excluding steroid dienone is 8. The molecule has 0 atom stereocenters. The lowest BCUT2D eigenvalue weighted by Gasteiger charge is -2.28. The monoisotopic (exact) mass is 908 g/mol. The fourth-order valence-electron chi connectivity index (χ4n) is 9.54. The van der Waals surface area contributed by atoms with Crippen molar-refractivity contribution in [2.75, 3.05) is 30.9 Å². The van der Waals surface area contributed by atoms with Crippen molar-refractivity contribution >= 4 is 38.6 Å². The van der Waals surface area contributed by atoms with Crippen LogP contribution in [0.25, 0.3) is 5.57 Å². The molecule has 3 aliphatic rings. The van der Waals surface area contributed by atoms with Crippen LogP contribution in [-0.2, 0) is 38.8 Å². The molecule has 0 saturated heterocycles. The van der Waals surface area contributed by atoms with Crippen molar-refractivity contribution in [1.29, 1.82) is 0 Å². The number of ketones is 1. The second-order valence-corrected chi connectivity index (χ2v) is 20.3. The fraction of sp³-hybridized carbons (Fsp3) is 0.500. The summed E-state index contributed by atoms with van der Waals surface area (Å²) in [6, 6.07) is 21.4. The van der Waals surface area contributed by atoms with Gasteiger partial charge in [0, 0.05) is 59.8 Å². The molecule has 65 heavy (non-hydrogen) atoms. The summed E-state index contributed by atoms with van der Waals surface area (Å²) in [5, 5.41) is 10.1. The average molecular weight is 908 g/mol. The summed E-state index contributed by atoms with van der Waals surface area (Å²) < 4.78 is 40.6.